The Morgan fingerprint density at radius 1 is 1.05 bits per heavy atom. The van der Waals surface area contributed by atoms with Crippen LogP contribution in [-0.2, 0) is 0 Å². The third kappa shape index (κ3) is 4.11. The molecule has 0 amide bonds. The van der Waals surface area contributed by atoms with Crippen molar-refractivity contribution in [1.82, 2.24) is 5.32 Å². The summed E-state index contributed by atoms with van der Waals surface area (Å²) in [6, 6.07) is 19.0. The number of rotatable bonds is 6. The van der Waals surface area contributed by atoms with Crippen LogP contribution in [0.3, 0.4) is 0 Å². The van der Waals surface area contributed by atoms with Gasteiger partial charge >= 0.3 is 0 Å². The van der Waals surface area contributed by atoms with E-state index in [4.69, 9.17) is 4.74 Å². The molecule has 100 valence electrons. The summed E-state index contributed by atoms with van der Waals surface area (Å²) in [6.45, 7) is 2.79. The first kappa shape index (κ1) is 13.6. The summed E-state index contributed by atoms with van der Waals surface area (Å²) in [5, 5.41) is 3.34. The Kier molecular flexibility index (Phi) is 4.99. The molecule has 0 spiro atoms. The van der Waals surface area contributed by atoms with E-state index in [1.807, 2.05) is 25.2 Å². The van der Waals surface area contributed by atoms with Crippen molar-refractivity contribution < 1.29 is 4.74 Å². The second kappa shape index (κ2) is 6.95. The average Bonchev–Trinajstić information content (AvgIpc) is 2.45. The molecule has 0 aromatic heterocycles. The van der Waals surface area contributed by atoms with Gasteiger partial charge in [-0.05, 0) is 37.2 Å². The van der Waals surface area contributed by atoms with E-state index >= 15 is 0 Å². The standard InChI is InChI=1S/C17H21NO/c1-14-7-6-10-16(13-14)19-12-11-17(18-2)15-8-4-3-5-9-15/h3-10,13,17-18H,11-12H2,1-2H3. The van der Waals surface area contributed by atoms with Crippen molar-refractivity contribution in [3.63, 3.8) is 0 Å². The fourth-order valence-corrected chi connectivity index (χ4v) is 2.16. The third-order valence-corrected chi connectivity index (χ3v) is 3.22. The van der Waals surface area contributed by atoms with Gasteiger partial charge in [0.05, 0.1) is 6.61 Å². The van der Waals surface area contributed by atoms with Crippen LogP contribution in [0, 0.1) is 6.92 Å². The van der Waals surface area contributed by atoms with Gasteiger partial charge in [-0.25, -0.2) is 0 Å². The number of hydrogen-bond donors (Lipinski definition) is 1. The van der Waals surface area contributed by atoms with Gasteiger partial charge < -0.3 is 10.1 Å². The van der Waals surface area contributed by atoms with E-state index in [9.17, 15) is 0 Å². The third-order valence-electron chi connectivity index (χ3n) is 3.22. The van der Waals surface area contributed by atoms with Gasteiger partial charge in [-0.15, -0.1) is 0 Å². The summed E-state index contributed by atoms with van der Waals surface area (Å²) in [4.78, 5) is 0. The Bertz CT molecular complexity index is 496. The summed E-state index contributed by atoms with van der Waals surface area (Å²) in [5.41, 5.74) is 2.53. The fourth-order valence-electron chi connectivity index (χ4n) is 2.16. The van der Waals surface area contributed by atoms with E-state index in [1.165, 1.54) is 11.1 Å². The van der Waals surface area contributed by atoms with Crippen LogP contribution in [0.1, 0.15) is 23.6 Å². The molecule has 1 unspecified atom stereocenters. The van der Waals surface area contributed by atoms with E-state index in [1.54, 1.807) is 0 Å². The Hall–Kier alpha value is -1.80. The molecule has 2 heteroatoms. The molecule has 1 atom stereocenters. The molecule has 0 radical (unpaired) electrons. The summed E-state index contributed by atoms with van der Waals surface area (Å²) >= 11 is 0. The van der Waals surface area contributed by atoms with Gasteiger partial charge in [0.25, 0.3) is 0 Å². The maximum Gasteiger partial charge on any atom is 0.119 e. The number of hydrogen-bond acceptors (Lipinski definition) is 2. The lowest BCUT2D eigenvalue weighted by Crippen LogP contribution is -2.19. The minimum Gasteiger partial charge on any atom is -0.494 e. The zero-order valence-electron chi connectivity index (χ0n) is 11.6. The zero-order chi connectivity index (χ0) is 13.5. The second-order valence-electron chi connectivity index (χ2n) is 4.71. The molecule has 19 heavy (non-hydrogen) atoms. The number of aryl methyl sites for hydroxylation is 1. The molecule has 0 aliphatic rings. The second-order valence-corrected chi connectivity index (χ2v) is 4.71. The molecule has 2 rings (SSSR count). The first-order valence-corrected chi connectivity index (χ1v) is 6.71. The first-order valence-electron chi connectivity index (χ1n) is 6.71. The van der Waals surface area contributed by atoms with Crippen molar-refractivity contribution >= 4 is 0 Å². The van der Waals surface area contributed by atoms with Gasteiger partial charge in [-0.3, -0.25) is 0 Å². The molecule has 0 saturated carbocycles. The van der Waals surface area contributed by atoms with E-state index in [0.29, 0.717) is 12.6 Å². The molecule has 1 N–H and O–H groups in total. The maximum atomic E-state index is 5.80. The maximum absolute atomic E-state index is 5.80. The summed E-state index contributed by atoms with van der Waals surface area (Å²) in [5.74, 6) is 0.947. The largest absolute Gasteiger partial charge is 0.494 e. The smallest absolute Gasteiger partial charge is 0.119 e. The highest BCUT2D eigenvalue weighted by Crippen LogP contribution is 2.18. The Morgan fingerprint density at radius 2 is 1.84 bits per heavy atom. The van der Waals surface area contributed by atoms with Gasteiger partial charge in [0, 0.05) is 12.5 Å². The molecule has 2 aromatic carbocycles. The van der Waals surface area contributed by atoms with Gasteiger partial charge in [0.15, 0.2) is 0 Å². The quantitative estimate of drug-likeness (QED) is 0.849. The Balaban J connectivity index is 1.87. The minimum absolute atomic E-state index is 0.339. The SMILES string of the molecule is CNC(CCOc1cccc(C)c1)c1ccccc1. The molecule has 2 aromatic rings. The van der Waals surface area contributed by atoms with Crippen molar-refractivity contribution in [2.45, 2.75) is 19.4 Å². The first-order chi connectivity index (χ1) is 9.29. The molecular formula is C17H21NO. The van der Waals surface area contributed by atoms with E-state index in [2.05, 4.69) is 48.6 Å². The monoisotopic (exact) mass is 255 g/mol. The fraction of sp³-hybridized carbons (Fsp3) is 0.294. The number of ether oxygens (including phenoxy) is 1. The lowest BCUT2D eigenvalue weighted by Gasteiger charge is -2.17. The average molecular weight is 255 g/mol. The Labute approximate surface area is 115 Å². The highest BCUT2D eigenvalue weighted by atomic mass is 16.5. The predicted octanol–water partition coefficient (Wildman–Crippen LogP) is 3.72. The summed E-state index contributed by atoms with van der Waals surface area (Å²) in [6.07, 6.45) is 0.953. The topological polar surface area (TPSA) is 21.3 Å². The van der Waals surface area contributed by atoms with Crippen LogP contribution in [0.2, 0.25) is 0 Å². The molecule has 0 saturated heterocycles. The molecular weight excluding hydrogens is 234 g/mol. The molecule has 0 heterocycles. The van der Waals surface area contributed by atoms with Crippen molar-refractivity contribution in [2.75, 3.05) is 13.7 Å². The highest BCUT2D eigenvalue weighted by Gasteiger charge is 2.08. The molecule has 0 fully saturated rings. The van der Waals surface area contributed by atoms with Crippen molar-refractivity contribution in [3.05, 3.63) is 65.7 Å². The van der Waals surface area contributed by atoms with Crippen LogP contribution >= 0.6 is 0 Å². The minimum atomic E-state index is 0.339. The van der Waals surface area contributed by atoms with Crippen LogP contribution < -0.4 is 10.1 Å². The van der Waals surface area contributed by atoms with Crippen molar-refractivity contribution in [3.8, 4) is 5.75 Å². The van der Waals surface area contributed by atoms with Gasteiger partial charge in [-0.2, -0.15) is 0 Å². The summed E-state index contributed by atoms with van der Waals surface area (Å²) in [7, 11) is 1.99. The van der Waals surface area contributed by atoms with Crippen molar-refractivity contribution in [2.24, 2.45) is 0 Å². The van der Waals surface area contributed by atoms with E-state index in [-0.39, 0.29) is 0 Å². The highest BCUT2D eigenvalue weighted by molar-refractivity contribution is 5.27. The number of benzene rings is 2. The van der Waals surface area contributed by atoms with Crippen LogP contribution in [-0.4, -0.2) is 13.7 Å². The predicted molar refractivity (Wildman–Crippen MR) is 79.5 cm³/mol. The van der Waals surface area contributed by atoms with Crippen LogP contribution in [0.5, 0.6) is 5.75 Å². The van der Waals surface area contributed by atoms with Gasteiger partial charge in [0.2, 0.25) is 0 Å². The lowest BCUT2D eigenvalue weighted by molar-refractivity contribution is 0.290. The van der Waals surface area contributed by atoms with Crippen LogP contribution in [0.15, 0.2) is 54.6 Å². The van der Waals surface area contributed by atoms with Crippen LogP contribution in [0.25, 0.3) is 0 Å². The van der Waals surface area contributed by atoms with Crippen molar-refractivity contribution in [1.29, 1.82) is 0 Å². The zero-order valence-corrected chi connectivity index (χ0v) is 11.6. The number of nitrogens with one attached hydrogen (secondary N) is 1. The molecule has 0 bridgehead atoms. The van der Waals surface area contributed by atoms with Gasteiger partial charge in [0.1, 0.15) is 5.75 Å². The lowest BCUT2D eigenvalue weighted by atomic mass is 10.0. The molecule has 2 nitrogen and oxygen atoms in total. The molecule has 0 aliphatic carbocycles. The Morgan fingerprint density at radius 3 is 2.53 bits per heavy atom. The van der Waals surface area contributed by atoms with Gasteiger partial charge in [-0.1, -0.05) is 42.5 Å². The molecule has 0 aliphatic heterocycles. The van der Waals surface area contributed by atoms with E-state index < -0.39 is 0 Å². The van der Waals surface area contributed by atoms with Crippen LogP contribution in [0.4, 0.5) is 0 Å². The normalized spacial score (nSPS) is 12.1. The van der Waals surface area contributed by atoms with E-state index in [0.717, 1.165) is 12.2 Å². The summed E-state index contributed by atoms with van der Waals surface area (Å²) < 4.78 is 5.80.